The highest BCUT2D eigenvalue weighted by Gasteiger charge is 2.63. The summed E-state index contributed by atoms with van der Waals surface area (Å²) in [6.45, 7) is -0.129. The zero-order valence-electron chi connectivity index (χ0n) is 7.83. The third kappa shape index (κ3) is 3.98. The molecule has 0 aliphatic rings. The summed E-state index contributed by atoms with van der Waals surface area (Å²) in [6, 6.07) is 0. The number of hydrogen-bond acceptors (Lipinski definition) is 2. The van der Waals surface area contributed by atoms with Gasteiger partial charge in [0, 0.05) is 20.3 Å². The lowest BCUT2D eigenvalue weighted by molar-refractivity contribution is -0.269. The standard InChI is InChI=1S/C7H10F5NO2/c1-15-4-2-3-13-5(14)6(8,9)7(10,11)12/h2-4H2,1H3,(H,13,14). The summed E-state index contributed by atoms with van der Waals surface area (Å²) in [6.07, 6.45) is -5.70. The minimum atomic E-state index is -5.86. The summed E-state index contributed by atoms with van der Waals surface area (Å²) in [5.74, 6) is -7.69. The Morgan fingerprint density at radius 1 is 1.27 bits per heavy atom. The summed E-state index contributed by atoms with van der Waals surface area (Å²) in [5.41, 5.74) is 0. The molecule has 1 N–H and O–H groups in total. The molecule has 0 saturated heterocycles. The van der Waals surface area contributed by atoms with Crippen LogP contribution in [0.4, 0.5) is 22.0 Å². The van der Waals surface area contributed by atoms with E-state index in [0.717, 1.165) is 0 Å². The lowest BCUT2D eigenvalue weighted by Gasteiger charge is -2.18. The van der Waals surface area contributed by atoms with Gasteiger partial charge in [0.05, 0.1) is 0 Å². The van der Waals surface area contributed by atoms with Crippen molar-refractivity contribution in [1.82, 2.24) is 5.32 Å². The van der Waals surface area contributed by atoms with Crippen molar-refractivity contribution < 1.29 is 31.5 Å². The average Bonchev–Trinajstić information content (AvgIpc) is 2.10. The van der Waals surface area contributed by atoms with Crippen LogP contribution in [0, 0.1) is 0 Å². The van der Waals surface area contributed by atoms with Crippen molar-refractivity contribution in [3.63, 3.8) is 0 Å². The molecule has 0 radical (unpaired) electrons. The number of nitrogens with one attached hydrogen (secondary N) is 1. The lowest BCUT2D eigenvalue weighted by Crippen LogP contribution is -2.50. The molecule has 0 bridgehead atoms. The van der Waals surface area contributed by atoms with Crippen LogP contribution in [0.5, 0.6) is 0 Å². The fourth-order valence-electron chi connectivity index (χ4n) is 0.658. The minimum Gasteiger partial charge on any atom is -0.385 e. The maximum absolute atomic E-state index is 12.3. The molecule has 0 unspecified atom stereocenters. The Balaban J connectivity index is 4.10. The molecule has 0 fully saturated rings. The molecule has 0 spiro atoms. The molecule has 3 nitrogen and oxygen atoms in total. The van der Waals surface area contributed by atoms with Crippen molar-refractivity contribution in [1.29, 1.82) is 0 Å². The van der Waals surface area contributed by atoms with Crippen molar-refractivity contribution in [2.45, 2.75) is 18.5 Å². The first-order valence-corrected chi connectivity index (χ1v) is 3.95. The van der Waals surface area contributed by atoms with Crippen LogP contribution in [0.25, 0.3) is 0 Å². The molecule has 0 saturated carbocycles. The summed E-state index contributed by atoms with van der Waals surface area (Å²) < 4.78 is 63.9. The SMILES string of the molecule is COCCCNC(=O)C(F)(F)C(F)(F)F. The quantitative estimate of drug-likeness (QED) is 0.576. The van der Waals surface area contributed by atoms with Crippen LogP contribution in [0.1, 0.15) is 6.42 Å². The third-order valence-electron chi connectivity index (χ3n) is 1.45. The molecule has 1 amide bonds. The van der Waals surface area contributed by atoms with Crippen molar-refractivity contribution in [3.8, 4) is 0 Å². The highest BCUT2D eigenvalue weighted by molar-refractivity contribution is 5.84. The summed E-state index contributed by atoms with van der Waals surface area (Å²) in [5, 5.41) is 1.48. The Labute approximate surface area is 82.6 Å². The van der Waals surface area contributed by atoms with Crippen molar-refractivity contribution in [2.24, 2.45) is 0 Å². The molecule has 0 aromatic carbocycles. The summed E-state index contributed by atoms with van der Waals surface area (Å²) in [7, 11) is 1.34. The number of halogens is 5. The topological polar surface area (TPSA) is 38.3 Å². The molecule has 0 aliphatic heterocycles. The average molecular weight is 235 g/mol. The Morgan fingerprint density at radius 3 is 2.20 bits per heavy atom. The van der Waals surface area contributed by atoms with Crippen LogP contribution < -0.4 is 5.32 Å². The number of carbonyl (C=O) groups excluding carboxylic acids is 1. The number of rotatable bonds is 5. The van der Waals surface area contributed by atoms with Gasteiger partial charge in [0.2, 0.25) is 0 Å². The monoisotopic (exact) mass is 235 g/mol. The van der Waals surface area contributed by atoms with Gasteiger partial charge in [0.15, 0.2) is 0 Å². The van der Waals surface area contributed by atoms with Gasteiger partial charge in [-0.3, -0.25) is 4.79 Å². The van der Waals surface area contributed by atoms with E-state index in [4.69, 9.17) is 0 Å². The zero-order chi connectivity index (χ0) is 12.1. The number of hydrogen-bond donors (Lipinski definition) is 1. The second-order valence-electron chi connectivity index (χ2n) is 2.67. The second-order valence-corrected chi connectivity index (χ2v) is 2.67. The van der Waals surface area contributed by atoms with Crippen LogP contribution in [-0.4, -0.2) is 38.3 Å². The first-order chi connectivity index (χ1) is 6.73. The van der Waals surface area contributed by atoms with Gasteiger partial charge in [-0.25, -0.2) is 0 Å². The van der Waals surface area contributed by atoms with Gasteiger partial charge in [-0.05, 0) is 6.42 Å². The fraction of sp³-hybridized carbons (Fsp3) is 0.857. The van der Waals surface area contributed by atoms with E-state index in [9.17, 15) is 26.7 Å². The van der Waals surface area contributed by atoms with Gasteiger partial charge in [0.25, 0.3) is 5.91 Å². The summed E-state index contributed by atoms with van der Waals surface area (Å²) >= 11 is 0. The Hall–Kier alpha value is -0.920. The van der Waals surface area contributed by atoms with Crippen LogP contribution in [0.3, 0.4) is 0 Å². The molecule has 90 valence electrons. The first kappa shape index (κ1) is 14.1. The highest BCUT2D eigenvalue weighted by atomic mass is 19.4. The normalized spacial score (nSPS) is 12.7. The molecule has 8 heteroatoms. The van der Waals surface area contributed by atoms with Crippen LogP contribution in [0.15, 0.2) is 0 Å². The second kappa shape index (κ2) is 5.24. The van der Waals surface area contributed by atoms with Crippen LogP contribution >= 0.6 is 0 Å². The van der Waals surface area contributed by atoms with Gasteiger partial charge in [-0.2, -0.15) is 22.0 Å². The molecule has 0 aromatic heterocycles. The third-order valence-corrected chi connectivity index (χ3v) is 1.45. The molecular formula is C7H10F5NO2. The first-order valence-electron chi connectivity index (χ1n) is 3.95. The van der Waals surface area contributed by atoms with Crippen LogP contribution in [0.2, 0.25) is 0 Å². The summed E-state index contributed by atoms with van der Waals surface area (Å²) in [4.78, 5) is 10.5. The van der Waals surface area contributed by atoms with Crippen LogP contribution in [-0.2, 0) is 9.53 Å². The lowest BCUT2D eigenvalue weighted by atomic mass is 10.3. The number of ether oxygens (including phenoxy) is 1. The van der Waals surface area contributed by atoms with Gasteiger partial charge in [0.1, 0.15) is 0 Å². The molecule has 0 rings (SSSR count). The van der Waals surface area contributed by atoms with Crippen molar-refractivity contribution in [3.05, 3.63) is 0 Å². The van der Waals surface area contributed by atoms with E-state index >= 15 is 0 Å². The molecule has 0 atom stereocenters. The number of amides is 1. The number of carbonyl (C=O) groups is 1. The Kier molecular flexibility index (Phi) is 4.92. The number of alkyl halides is 5. The van der Waals surface area contributed by atoms with E-state index in [2.05, 4.69) is 4.74 Å². The van der Waals surface area contributed by atoms with E-state index in [-0.39, 0.29) is 19.6 Å². The predicted molar refractivity (Wildman–Crippen MR) is 40.5 cm³/mol. The highest BCUT2D eigenvalue weighted by Crippen LogP contribution is 2.35. The molecular weight excluding hydrogens is 225 g/mol. The maximum atomic E-state index is 12.3. The molecule has 0 aliphatic carbocycles. The maximum Gasteiger partial charge on any atom is 0.463 e. The Morgan fingerprint density at radius 2 is 1.80 bits per heavy atom. The van der Waals surface area contributed by atoms with E-state index in [1.54, 1.807) is 0 Å². The molecule has 0 heterocycles. The van der Waals surface area contributed by atoms with E-state index in [1.165, 1.54) is 12.4 Å². The van der Waals surface area contributed by atoms with Gasteiger partial charge >= 0.3 is 12.1 Å². The van der Waals surface area contributed by atoms with E-state index in [1.807, 2.05) is 0 Å². The smallest absolute Gasteiger partial charge is 0.385 e. The van der Waals surface area contributed by atoms with Crippen molar-refractivity contribution >= 4 is 5.91 Å². The zero-order valence-corrected chi connectivity index (χ0v) is 7.83. The van der Waals surface area contributed by atoms with Gasteiger partial charge in [-0.1, -0.05) is 0 Å². The number of methoxy groups -OCH3 is 1. The Bertz CT molecular complexity index is 216. The van der Waals surface area contributed by atoms with Gasteiger partial charge < -0.3 is 10.1 Å². The fourth-order valence-corrected chi connectivity index (χ4v) is 0.658. The minimum absolute atomic E-state index is 0.163. The van der Waals surface area contributed by atoms with E-state index < -0.39 is 18.0 Å². The van der Waals surface area contributed by atoms with Gasteiger partial charge in [-0.15, -0.1) is 0 Å². The predicted octanol–water partition coefficient (Wildman–Crippen LogP) is 1.34. The largest absolute Gasteiger partial charge is 0.463 e. The molecule has 15 heavy (non-hydrogen) atoms. The molecule has 0 aromatic rings. The van der Waals surface area contributed by atoms with Crippen molar-refractivity contribution in [2.75, 3.05) is 20.3 Å². The van der Waals surface area contributed by atoms with E-state index in [0.29, 0.717) is 0 Å².